The average molecular weight is 372 g/mol. The average Bonchev–Trinajstić information content (AvgIpc) is 3.30. The second-order valence-corrected chi connectivity index (χ2v) is 6.10. The molecule has 0 spiro atoms. The van der Waals surface area contributed by atoms with Crippen LogP contribution in [0, 0.1) is 11.6 Å². The molecule has 0 radical (unpaired) electrons. The van der Waals surface area contributed by atoms with E-state index in [1.807, 2.05) is 0 Å². The third-order valence-corrected chi connectivity index (χ3v) is 4.29. The summed E-state index contributed by atoms with van der Waals surface area (Å²) in [6, 6.07) is 11.7. The van der Waals surface area contributed by atoms with Crippen molar-refractivity contribution in [3.63, 3.8) is 0 Å². The van der Waals surface area contributed by atoms with Gasteiger partial charge in [0.25, 0.3) is 0 Å². The fourth-order valence-electron chi connectivity index (χ4n) is 2.19. The summed E-state index contributed by atoms with van der Waals surface area (Å²) in [6.07, 6.45) is 0. The number of hydrogen-bond acceptors (Lipinski definition) is 7. The Morgan fingerprint density at radius 3 is 2.69 bits per heavy atom. The maximum absolute atomic E-state index is 13.4. The van der Waals surface area contributed by atoms with Crippen molar-refractivity contribution in [2.45, 2.75) is 10.9 Å². The summed E-state index contributed by atoms with van der Waals surface area (Å²) in [4.78, 5) is 4.27. The van der Waals surface area contributed by atoms with Crippen molar-refractivity contribution in [3.05, 3.63) is 66.1 Å². The lowest BCUT2D eigenvalue weighted by atomic mass is 10.2. The number of tetrazole rings is 1. The molecule has 26 heavy (non-hydrogen) atoms. The lowest BCUT2D eigenvalue weighted by molar-refractivity contribution is 0.391. The summed E-state index contributed by atoms with van der Waals surface area (Å²) in [5.41, 5.74) is 1.16. The van der Waals surface area contributed by atoms with E-state index in [4.69, 9.17) is 4.52 Å². The maximum atomic E-state index is 13.4. The number of aromatic nitrogens is 6. The zero-order valence-electron chi connectivity index (χ0n) is 13.1. The molecule has 0 saturated carbocycles. The van der Waals surface area contributed by atoms with Crippen LogP contribution in [0.2, 0.25) is 0 Å². The molecule has 2 heterocycles. The third kappa shape index (κ3) is 3.45. The van der Waals surface area contributed by atoms with E-state index in [9.17, 15) is 8.78 Å². The summed E-state index contributed by atoms with van der Waals surface area (Å²) in [6.45, 7) is 0. The first-order valence-corrected chi connectivity index (χ1v) is 8.43. The Kier molecular flexibility index (Phi) is 4.40. The van der Waals surface area contributed by atoms with Crippen LogP contribution in [0.4, 0.5) is 8.78 Å². The normalized spacial score (nSPS) is 11.0. The molecule has 0 aliphatic heterocycles. The monoisotopic (exact) mass is 372 g/mol. The summed E-state index contributed by atoms with van der Waals surface area (Å²) in [7, 11) is 0. The topological polar surface area (TPSA) is 82.5 Å². The molecule has 0 N–H and O–H groups in total. The first-order chi connectivity index (χ1) is 12.7. The van der Waals surface area contributed by atoms with Crippen LogP contribution in [0.5, 0.6) is 0 Å². The molecule has 4 aromatic rings. The van der Waals surface area contributed by atoms with Crippen LogP contribution in [-0.4, -0.2) is 30.3 Å². The number of nitrogens with zero attached hydrogens (tertiary/aromatic N) is 6. The van der Waals surface area contributed by atoms with Gasteiger partial charge in [0.1, 0.15) is 11.6 Å². The quantitative estimate of drug-likeness (QED) is 0.497. The van der Waals surface area contributed by atoms with Crippen molar-refractivity contribution < 1.29 is 13.3 Å². The lowest BCUT2D eigenvalue weighted by Gasteiger charge is -2.02. The highest BCUT2D eigenvalue weighted by Crippen LogP contribution is 2.23. The van der Waals surface area contributed by atoms with Gasteiger partial charge < -0.3 is 4.52 Å². The molecule has 0 aliphatic carbocycles. The molecule has 130 valence electrons. The Morgan fingerprint density at radius 2 is 1.88 bits per heavy atom. The van der Waals surface area contributed by atoms with Crippen LogP contribution in [-0.2, 0) is 5.75 Å². The minimum absolute atomic E-state index is 0.323. The van der Waals surface area contributed by atoms with Gasteiger partial charge >= 0.3 is 0 Å². The highest BCUT2D eigenvalue weighted by atomic mass is 32.2. The summed E-state index contributed by atoms with van der Waals surface area (Å²) in [5, 5.41) is 15.7. The van der Waals surface area contributed by atoms with E-state index < -0.39 is 0 Å². The molecule has 4 rings (SSSR count). The zero-order valence-corrected chi connectivity index (χ0v) is 13.9. The first kappa shape index (κ1) is 16.3. The second-order valence-electron chi connectivity index (χ2n) is 5.16. The molecule has 2 aromatic carbocycles. The second kappa shape index (κ2) is 7.00. The van der Waals surface area contributed by atoms with Crippen LogP contribution in [0.3, 0.4) is 0 Å². The Bertz CT molecular complexity index is 1030. The molecular formula is C16H10F2N6OS. The van der Waals surface area contributed by atoms with E-state index in [0.29, 0.717) is 33.9 Å². The summed E-state index contributed by atoms with van der Waals surface area (Å²) >= 11 is 1.27. The van der Waals surface area contributed by atoms with Gasteiger partial charge in [0.2, 0.25) is 16.9 Å². The lowest BCUT2D eigenvalue weighted by Crippen LogP contribution is -1.99. The molecule has 0 saturated heterocycles. The number of benzene rings is 2. The number of hydrogen-bond donors (Lipinski definition) is 0. The van der Waals surface area contributed by atoms with E-state index in [1.165, 1.54) is 40.7 Å². The zero-order chi connectivity index (χ0) is 17.9. The van der Waals surface area contributed by atoms with Gasteiger partial charge in [-0.25, -0.2) is 8.78 Å². The van der Waals surface area contributed by atoms with Crippen LogP contribution >= 0.6 is 11.8 Å². The van der Waals surface area contributed by atoms with E-state index in [-0.39, 0.29) is 11.6 Å². The number of thioether (sulfide) groups is 1. The Morgan fingerprint density at radius 1 is 1.04 bits per heavy atom. The van der Waals surface area contributed by atoms with Gasteiger partial charge in [-0.1, -0.05) is 23.0 Å². The maximum Gasteiger partial charge on any atom is 0.237 e. The predicted molar refractivity (Wildman–Crippen MR) is 88.4 cm³/mol. The molecule has 0 atom stereocenters. The van der Waals surface area contributed by atoms with Crippen LogP contribution in [0.15, 0.2) is 58.2 Å². The van der Waals surface area contributed by atoms with Crippen molar-refractivity contribution in [2.75, 3.05) is 0 Å². The van der Waals surface area contributed by atoms with Gasteiger partial charge in [0.05, 0.1) is 11.4 Å². The van der Waals surface area contributed by atoms with E-state index in [2.05, 4.69) is 25.7 Å². The van der Waals surface area contributed by atoms with E-state index in [0.717, 1.165) is 0 Å². The molecule has 10 heteroatoms. The molecule has 0 amide bonds. The molecule has 0 fully saturated rings. The van der Waals surface area contributed by atoms with Gasteiger partial charge in [-0.3, -0.25) is 0 Å². The van der Waals surface area contributed by atoms with Crippen molar-refractivity contribution in [1.29, 1.82) is 0 Å². The van der Waals surface area contributed by atoms with Crippen molar-refractivity contribution in [1.82, 2.24) is 30.3 Å². The van der Waals surface area contributed by atoms with Crippen molar-refractivity contribution in [3.8, 4) is 17.1 Å². The van der Waals surface area contributed by atoms with E-state index in [1.54, 1.807) is 24.3 Å². The van der Waals surface area contributed by atoms with E-state index >= 15 is 0 Å². The van der Waals surface area contributed by atoms with Gasteiger partial charge in [-0.05, 0) is 52.9 Å². The minimum Gasteiger partial charge on any atom is -0.338 e. The van der Waals surface area contributed by atoms with Crippen LogP contribution in [0.25, 0.3) is 17.1 Å². The standard InChI is InChI=1S/C16H10F2N6OS/c17-11-6-4-10(5-7-11)15-19-14(25-21-15)9-26-16-20-22-23-24(16)13-3-1-2-12(18)8-13/h1-8H,9H2. The smallest absolute Gasteiger partial charge is 0.237 e. The first-order valence-electron chi connectivity index (χ1n) is 7.45. The number of halogens is 2. The van der Waals surface area contributed by atoms with Crippen molar-refractivity contribution >= 4 is 11.8 Å². The highest BCUT2D eigenvalue weighted by Gasteiger charge is 2.13. The van der Waals surface area contributed by atoms with Gasteiger partial charge in [0.15, 0.2) is 0 Å². The molecule has 0 bridgehead atoms. The van der Waals surface area contributed by atoms with Gasteiger partial charge in [-0.15, -0.1) is 5.10 Å². The van der Waals surface area contributed by atoms with Crippen LogP contribution < -0.4 is 0 Å². The highest BCUT2D eigenvalue weighted by molar-refractivity contribution is 7.98. The fourth-order valence-corrected chi connectivity index (χ4v) is 2.92. The molecule has 0 aliphatic rings. The summed E-state index contributed by atoms with van der Waals surface area (Å²) in [5.74, 6) is 0.338. The van der Waals surface area contributed by atoms with Gasteiger partial charge in [0, 0.05) is 5.56 Å². The molecular weight excluding hydrogens is 362 g/mol. The fraction of sp³-hybridized carbons (Fsp3) is 0.0625. The number of rotatable bonds is 5. The SMILES string of the molecule is Fc1ccc(-c2noc(CSc3nnnn3-c3cccc(F)c3)n2)cc1. The van der Waals surface area contributed by atoms with Crippen LogP contribution in [0.1, 0.15) is 5.89 Å². The molecule has 7 nitrogen and oxygen atoms in total. The minimum atomic E-state index is -0.380. The third-order valence-electron chi connectivity index (χ3n) is 3.39. The summed E-state index contributed by atoms with van der Waals surface area (Å²) < 4.78 is 33.0. The molecule has 0 unspecified atom stereocenters. The predicted octanol–water partition coefficient (Wildman–Crippen LogP) is 3.28. The van der Waals surface area contributed by atoms with Crippen molar-refractivity contribution in [2.24, 2.45) is 0 Å². The Hall–Kier alpha value is -3.14. The Labute approximate surface area is 150 Å². The Balaban J connectivity index is 1.49. The molecule has 2 aromatic heterocycles. The van der Waals surface area contributed by atoms with Gasteiger partial charge in [-0.2, -0.15) is 9.67 Å². The largest absolute Gasteiger partial charge is 0.338 e.